The molecule has 0 spiro atoms. The topological polar surface area (TPSA) is 0 Å². The van der Waals surface area contributed by atoms with E-state index in [4.69, 9.17) is 0 Å². The quantitative estimate of drug-likeness (QED) is 0.204. The van der Waals surface area contributed by atoms with Gasteiger partial charge in [-0.3, -0.25) is 0 Å². The van der Waals surface area contributed by atoms with E-state index in [2.05, 4.69) is 147 Å². The lowest BCUT2D eigenvalue weighted by Gasteiger charge is -2.18. The van der Waals surface area contributed by atoms with E-state index in [9.17, 15) is 0 Å². The Morgan fingerprint density at radius 1 is 0.275 bits per heavy atom. The fourth-order valence-electron chi connectivity index (χ4n) is 6.80. The molecule has 0 atom stereocenters. The fraction of sp³-hybridized carbons (Fsp3) is 0.0500. The molecule has 0 heteroatoms. The van der Waals surface area contributed by atoms with Gasteiger partial charge in [0.25, 0.3) is 0 Å². The molecular formula is C40H28. The largest absolute Gasteiger partial charge is 0.0622 e. The third-order valence-corrected chi connectivity index (χ3v) is 8.46. The Hall–Kier alpha value is -4.94. The molecule has 0 saturated carbocycles. The van der Waals surface area contributed by atoms with Crippen LogP contribution in [0.1, 0.15) is 11.1 Å². The predicted octanol–water partition coefficient (Wildman–Crippen LogP) is 11.4. The van der Waals surface area contributed by atoms with Gasteiger partial charge in [-0.1, -0.05) is 132 Å². The van der Waals surface area contributed by atoms with Gasteiger partial charge in [0.2, 0.25) is 0 Å². The van der Waals surface area contributed by atoms with Crippen LogP contribution in [0.5, 0.6) is 0 Å². The zero-order chi connectivity index (χ0) is 26.8. The Morgan fingerprint density at radius 2 is 0.700 bits per heavy atom. The van der Waals surface area contributed by atoms with Crippen LogP contribution in [0.25, 0.3) is 76.1 Å². The standard InChI is InChI=1S/C40H28/c1-25-20-26(2)22-30(21-25)29-17-19-34-33-18-16-28(27-10-4-3-5-11-27)23-37(33)39-35-14-8-6-12-31(35)32-13-7-9-15-36(32)40(39)38(34)24-29/h3-24H,1-2H3. The van der Waals surface area contributed by atoms with Crippen LogP contribution in [0.4, 0.5) is 0 Å². The van der Waals surface area contributed by atoms with Crippen molar-refractivity contribution in [2.24, 2.45) is 0 Å². The fourth-order valence-corrected chi connectivity index (χ4v) is 6.80. The molecule has 0 bridgehead atoms. The van der Waals surface area contributed by atoms with Crippen LogP contribution in [0.2, 0.25) is 0 Å². The Morgan fingerprint density at radius 3 is 1.23 bits per heavy atom. The Kier molecular flexibility index (Phi) is 5.06. The first-order valence-corrected chi connectivity index (χ1v) is 14.0. The average Bonchev–Trinajstić information content (AvgIpc) is 3.00. The number of hydrogen-bond donors (Lipinski definition) is 0. The van der Waals surface area contributed by atoms with Crippen LogP contribution < -0.4 is 0 Å². The maximum absolute atomic E-state index is 2.43. The summed E-state index contributed by atoms with van der Waals surface area (Å²) in [7, 11) is 0. The summed E-state index contributed by atoms with van der Waals surface area (Å²) in [5.41, 5.74) is 7.62. The smallest absolute Gasteiger partial charge is 0.00137 e. The van der Waals surface area contributed by atoms with E-state index in [0.717, 1.165) is 0 Å². The lowest BCUT2D eigenvalue weighted by atomic mass is 9.85. The van der Waals surface area contributed by atoms with Crippen LogP contribution in [0.3, 0.4) is 0 Å². The summed E-state index contributed by atoms with van der Waals surface area (Å²) >= 11 is 0. The number of benzene rings is 8. The first kappa shape index (κ1) is 23.0. The van der Waals surface area contributed by atoms with Gasteiger partial charge in [0.1, 0.15) is 0 Å². The minimum atomic E-state index is 1.24. The normalized spacial score (nSPS) is 11.8. The molecule has 188 valence electrons. The highest BCUT2D eigenvalue weighted by Crippen LogP contribution is 2.45. The lowest BCUT2D eigenvalue weighted by molar-refractivity contribution is 1.38. The van der Waals surface area contributed by atoms with Crippen molar-refractivity contribution in [2.75, 3.05) is 0 Å². The van der Waals surface area contributed by atoms with Crippen molar-refractivity contribution in [1.82, 2.24) is 0 Å². The first-order chi connectivity index (χ1) is 19.7. The van der Waals surface area contributed by atoms with Gasteiger partial charge in [0, 0.05) is 0 Å². The van der Waals surface area contributed by atoms with Crippen LogP contribution in [-0.4, -0.2) is 0 Å². The van der Waals surface area contributed by atoms with Crippen LogP contribution in [-0.2, 0) is 0 Å². The highest BCUT2D eigenvalue weighted by Gasteiger charge is 2.17. The minimum Gasteiger partial charge on any atom is -0.0622 e. The number of fused-ring (bicyclic) bond motifs is 11. The molecule has 0 N–H and O–H groups in total. The van der Waals surface area contributed by atoms with E-state index >= 15 is 0 Å². The van der Waals surface area contributed by atoms with Gasteiger partial charge in [0.15, 0.2) is 0 Å². The van der Waals surface area contributed by atoms with E-state index in [-0.39, 0.29) is 0 Å². The van der Waals surface area contributed by atoms with Crippen LogP contribution >= 0.6 is 0 Å². The second-order valence-corrected chi connectivity index (χ2v) is 11.1. The predicted molar refractivity (Wildman–Crippen MR) is 174 cm³/mol. The van der Waals surface area contributed by atoms with E-state index in [1.165, 1.54) is 87.2 Å². The third-order valence-electron chi connectivity index (χ3n) is 8.46. The summed E-state index contributed by atoms with van der Waals surface area (Å²) in [6, 6.07) is 49.5. The number of aryl methyl sites for hydroxylation is 2. The summed E-state index contributed by atoms with van der Waals surface area (Å²) in [5.74, 6) is 0. The van der Waals surface area contributed by atoms with Crippen LogP contribution in [0, 0.1) is 13.8 Å². The molecule has 8 rings (SSSR count). The highest BCUT2D eigenvalue weighted by molar-refractivity contribution is 6.39. The van der Waals surface area contributed by atoms with Gasteiger partial charge < -0.3 is 0 Å². The van der Waals surface area contributed by atoms with Crippen molar-refractivity contribution in [2.45, 2.75) is 13.8 Å². The van der Waals surface area contributed by atoms with Crippen molar-refractivity contribution in [3.8, 4) is 22.3 Å². The molecule has 0 heterocycles. The maximum atomic E-state index is 2.43. The molecule has 0 radical (unpaired) electrons. The lowest BCUT2D eigenvalue weighted by Crippen LogP contribution is -1.90. The molecule has 8 aromatic rings. The molecule has 8 aromatic carbocycles. The Labute approximate surface area is 234 Å². The molecule has 0 aliphatic heterocycles. The van der Waals surface area contributed by atoms with Gasteiger partial charge in [-0.25, -0.2) is 0 Å². The van der Waals surface area contributed by atoms with Gasteiger partial charge in [-0.15, -0.1) is 0 Å². The summed E-state index contributed by atoms with van der Waals surface area (Å²) in [5, 5.41) is 13.1. The van der Waals surface area contributed by atoms with Crippen LogP contribution in [0.15, 0.2) is 133 Å². The summed E-state index contributed by atoms with van der Waals surface area (Å²) in [6.45, 7) is 4.37. The van der Waals surface area contributed by atoms with Gasteiger partial charge in [-0.2, -0.15) is 0 Å². The number of hydrogen-bond acceptors (Lipinski definition) is 0. The van der Waals surface area contributed by atoms with E-state index in [1.807, 2.05) is 0 Å². The SMILES string of the molecule is Cc1cc(C)cc(-c2ccc3c4ccc(-c5ccccc5)cc4c4c5ccccc5c5ccccc5c4c3c2)c1. The van der Waals surface area contributed by atoms with E-state index in [0.29, 0.717) is 0 Å². The van der Waals surface area contributed by atoms with Crippen molar-refractivity contribution in [3.63, 3.8) is 0 Å². The van der Waals surface area contributed by atoms with Crippen molar-refractivity contribution in [1.29, 1.82) is 0 Å². The minimum absolute atomic E-state index is 1.24. The zero-order valence-electron chi connectivity index (χ0n) is 22.7. The first-order valence-electron chi connectivity index (χ1n) is 14.0. The summed E-state index contributed by atoms with van der Waals surface area (Å²) in [4.78, 5) is 0. The molecule has 0 fully saturated rings. The third kappa shape index (κ3) is 3.46. The molecule has 0 nitrogen and oxygen atoms in total. The highest BCUT2D eigenvalue weighted by atomic mass is 14.2. The maximum Gasteiger partial charge on any atom is -0.00137 e. The van der Waals surface area contributed by atoms with Gasteiger partial charge >= 0.3 is 0 Å². The summed E-state index contributed by atoms with van der Waals surface area (Å²) < 4.78 is 0. The molecule has 0 aliphatic rings. The molecule has 0 saturated heterocycles. The molecule has 0 unspecified atom stereocenters. The Bertz CT molecular complexity index is 2250. The van der Waals surface area contributed by atoms with Gasteiger partial charge in [0.05, 0.1) is 0 Å². The van der Waals surface area contributed by atoms with E-state index < -0.39 is 0 Å². The monoisotopic (exact) mass is 508 g/mol. The molecular weight excluding hydrogens is 480 g/mol. The van der Waals surface area contributed by atoms with Crippen molar-refractivity contribution < 1.29 is 0 Å². The average molecular weight is 509 g/mol. The molecule has 0 aliphatic carbocycles. The molecule has 40 heavy (non-hydrogen) atoms. The second-order valence-electron chi connectivity index (χ2n) is 11.1. The van der Waals surface area contributed by atoms with Crippen molar-refractivity contribution in [3.05, 3.63) is 145 Å². The molecule has 0 amide bonds. The number of rotatable bonds is 2. The zero-order valence-corrected chi connectivity index (χ0v) is 22.7. The van der Waals surface area contributed by atoms with Gasteiger partial charge in [-0.05, 0) is 102 Å². The Balaban J connectivity index is 1.61. The van der Waals surface area contributed by atoms with Crippen molar-refractivity contribution >= 4 is 53.9 Å². The van der Waals surface area contributed by atoms with E-state index in [1.54, 1.807) is 0 Å². The summed E-state index contributed by atoms with van der Waals surface area (Å²) in [6.07, 6.45) is 0. The molecule has 0 aromatic heterocycles. The second kappa shape index (κ2) is 8.79.